The van der Waals surface area contributed by atoms with Gasteiger partial charge in [-0.1, -0.05) is 24.3 Å². The number of pyridine rings is 5. The molecule has 0 atom stereocenters. The molecule has 0 fully saturated rings. The lowest BCUT2D eigenvalue weighted by Gasteiger charge is -2.11. The molecule has 220 valence electrons. The average molecular weight is 597 g/mol. The molecule has 0 radical (unpaired) electrons. The molecule has 1 aliphatic heterocycles. The maximum Gasteiger partial charge on any atom is 0.146 e. The van der Waals surface area contributed by atoms with Crippen molar-refractivity contribution in [3.8, 4) is 11.4 Å². The van der Waals surface area contributed by atoms with E-state index in [1.165, 1.54) is 22.1 Å². The molecule has 0 unspecified atom stereocenters. The largest absolute Gasteiger partial charge is 0.277 e. The predicted octanol–water partition coefficient (Wildman–Crippen LogP) is 7.53. The van der Waals surface area contributed by atoms with Gasteiger partial charge in [0.15, 0.2) is 0 Å². The first-order valence-corrected chi connectivity index (χ1v) is 15.5. The molecule has 1 aromatic carbocycles. The number of fused-ring (bicyclic) bond motifs is 6. The highest BCUT2D eigenvalue weighted by molar-refractivity contribution is 6.06. The first kappa shape index (κ1) is 26.4. The van der Waals surface area contributed by atoms with Crippen molar-refractivity contribution in [1.29, 1.82) is 0 Å². The zero-order valence-corrected chi connectivity index (χ0v) is 25.0. The molecule has 0 saturated heterocycles. The number of hydrogen-bond acceptors (Lipinski definition) is 6. The summed E-state index contributed by atoms with van der Waals surface area (Å²) in [4.78, 5) is 28.3. The van der Waals surface area contributed by atoms with Crippen LogP contribution in [0.25, 0.3) is 44.5 Å². The zero-order valence-electron chi connectivity index (χ0n) is 25.0. The number of nitrogens with zero attached hydrogens (tertiary/aromatic N) is 8. The van der Waals surface area contributed by atoms with Crippen molar-refractivity contribution < 1.29 is 0 Å². The van der Waals surface area contributed by atoms with Crippen LogP contribution in [0.3, 0.4) is 0 Å². The van der Waals surface area contributed by atoms with Gasteiger partial charge in [-0.05, 0) is 84.6 Å². The van der Waals surface area contributed by atoms with Gasteiger partial charge in [0.25, 0.3) is 0 Å². The maximum atomic E-state index is 4.82. The first-order valence-electron chi connectivity index (χ1n) is 15.5. The molecule has 0 bridgehead atoms. The molecular weight excluding hydrogens is 568 g/mol. The van der Waals surface area contributed by atoms with E-state index >= 15 is 0 Å². The highest BCUT2D eigenvalue weighted by Crippen LogP contribution is 2.36. The summed E-state index contributed by atoms with van der Waals surface area (Å²) in [5, 5.41) is 3.34. The minimum absolute atomic E-state index is 0.753. The molecule has 9 rings (SSSR count). The third kappa shape index (κ3) is 4.45. The maximum absolute atomic E-state index is 4.82. The minimum atomic E-state index is 0.753. The van der Waals surface area contributed by atoms with E-state index in [0.717, 1.165) is 82.0 Å². The molecule has 8 nitrogen and oxygen atoms in total. The van der Waals surface area contributed by atoms with Gasteiger partial charge in [0, 0.05) is 70.8 Å². The number of benzene rings is 1. The summed E-state index contributed by atoms with van der Waals surface area (Å²) >= 11 is 0. The second-order valence-corrected chi connectivity index (χ2v) is 11.6. The van der Waals surface area contributed by atoms with E-state index in [2.05, 4.69) is 90.8 Å². The normalized spacial score (nSPS) is 12.7. The van der Waals surface area contributed by atoms with E-state index < -0.39 is 0 Å². The Morgan fingerprint density at radius 1 is 0.522 bits per heavy atom. The fraction of sp³-hybridized carbons (Fsp3) is 0.105. The van der Waals surface area contributed by atoms with Crippen molar-refractivity contribution in [3.05, 3.63) is 144 Å². The summed E-state index contributed by atoms with van der Waals surface area (Å²) in [7, 11) is 0. The van der Waals surface area contributed by atoms with Gasteiger partial charge in [-0.3, -0.25) is 19.1 Å². The summed E-state index contributed by atoms with van der Waals surface area (Å²) in [6.45, 7) is 0. The van der Waals surface area contributed by atoms with Crippen molar-refractivity contribution in [2.45, 2.75) is 25.7 Å². The third-order valence-electron chi connectivity index (χ3n) is 8.76. The van der Waals surface area contributed by atoms with Gasteiger partial charge in [-0.2, -0.15) is 0 Å². The van der Waals surface area contributed by atoms with Crippen molar-refractivity contribution in [2.75, 3.05) is 0 Å². The fourth-order valence-corrected chi connectivity index (χ4v) is 6.57. The number of hydrogen-bond donors (Lipinski definition) is 0. The first-order chi connectivity index (χ1) is 22.8. The van der Waals surface area contributed by atoms with Crippen LogP contribution in [0.4, 0.5) is 5.82 Å². The predicted molar refractivity (Wildman–Crippen MR) is 182 cm³/mol. The highest BCUT2D eigenvalue weighted by Gasteiger charge is 2.20. The summed E-state index contributed by atoms with van der Waals surface area (Å²) < 4.78 is 4.21. The van der Waals surface area contributed by atoms with Crippen LogP contribution >= 0.6 is 0 Å². The van der Waals surface area contributed by atoms with Crippen molar-refractivity contribution in [3.63, 3.8) is 0 Å². The highest BCUT2D eigenvalue weighted by atomic mass is 15.1. The molecule has 8 heteroatoms. The molecule has 46 heavy (non-hydrogen) atoms. The van der Waals surface area contributed by atoms with E-state index in [4.69, 9.17) is 15.0 Å². The Hall–Kier alpha value is -6.02. The molecule has 0 N–H and O–H groups in total. The van der Waals surface area contributed by atoms with Crippen LogP contribution in [-0.4, -0.2) is 40.3 Å². The van der Waals surface area contributed by atoms with Crippen LogP contribution in [0, 0.1) is 0 Å². The molecule has 0 spiro atoms. The molecule has 7 aromatic heterocycles. The number of rotatable bonds is 6. The van der Waals surface area contributed by atoms with Gasteiger partial charge >= 0.3 is 0 Å². The topological polar surface area (TPSA) is 86.7 Å². The lowest BCUT2D eigenvalue weighted by atomic mass is 10.0. The van der Waals surface area contributed by atoms with Crippen molar-refractivity contribution in [1.82, 2.24) is 34.1 Å². The van der Waals surface area contributed by atoms with Gasteiger partial charge < -0.3 is 0 Å². The molecule has 1 aliphatic rings. The monoisotopic (exact) mass is 596 g/mol. The van der Waals surface area contributed by atoms with Crippen LogP contribution < -0.4 is 0 Å². The standard InChI is InChI=1S/C38H28N8/c1-5-31-32-6-2-18-40-36(32)45(35(31)39-17-1)29-15-13-27(43-23-29)21-25-9-11-26(12-10-25)22-28-14-16-30(24-44-28)46-37-33(7-3-19-41-37)34-8-4-20-42-38(34)46/h1-3,5-7,9-20,23-24H,4,8,21-22H2. The lowest BCUT2D eigenvalue weighted by Crippen LogP contribution is -2.00. The molecule has 0 saturated carbocycles. The summed E-state index contributed by atoms with van der Waals surface area (Å²) in [6.07, 6.45) is 14.8. The Balaban J connectivity index is 0.914. The number of aryl methyl sites for hydroxylation is 1. The van der Waals surface area contributed by atoms with E-state index in [1.54, 1.807) is 0 Å². The van der Waals surface area contributed by atoms with Gasteiger partial charge in [-0.25, -0.2) is 19.9 Å². The number of aromatic nitrogens is 7. The van der Waals surface area contributed by atoms with Gasteiger partial charge in [0.05, 0.1) is 23.8 Å². The van der Waals surface area contributed by atoms with E-state index in [-0.39, 0.29) is 0 Å². The lowest BCUT2D eigenvalue weighted by molar-refractivity contribution is 0.980. The van der Waals surface area contributed by atoms with E-state index in [0.29, 0.717) is 0 Å². The smallest absolute Gasteiger partial charge is 0.146 e. The summed E-state index contributed by atoms with van der Waals surface area (Å²) in [5.74, 6) is 0.968. The third-order valence-corrected chi connectivity index (χ3v) is 8.76. The molecule has 8 aromatic rings. The second-order valence-electron chi connectivity index (χ2n) is 11.6. The summed E-state index contributed by atoms with van der Waals surface area (Å²) in [5.41, 5.74) is 10.3. The van der Waals surface area contributed by atoms with Gasteiger partial charge in [0.2, 0.25) is 0 Å². The van der Waals surface area contributed by atoms with Crippen LogP contribution in [0.5, 0.6) is 0 Å². The van der Waals surface area contributed by atoms with Crippen LogP contribution in [0.1, 0.15) is 34.5 Å². The molecular formula is C38H28N8. The van der Waals surface area contributed by atoms with Gasteiger partial charge in [-0.15, -0.1) is 0 Å². The molecule has 0 amide bonds. The number of aliphatic imine (C=N–C) groups is 1. The van der Waals surface area contributed by atoms with E-state index in [9.17, 15) is 0 Å². The Morgan fingerprint density at radius 2 is 1.04 bits per heavy atom. The van der Waals surface area contributed by atoms with Crippen LogP contribution in [0.2, 0.25) is 0 Å². The van der Waals surface area contributed by atoms with Crippen molar-refractivity contribution >= 4 is 45.1 Å². The summed E-state index contributed by atoms with van der Waals surface area (Å²) in [6, 6.07) is 29.4. The molecule has 0 aliphatic carbocycles. The Bertz CT molecular complexity index is 2350. The minimum Gasteiger partial charge on any atom is -0.277 e. The fourth-order valence-electron chi connectivity index (χ4n) is 6.57. The Kier molecular flexibility index (Phi) is 6.23. The van der Waals surface area contributed by atoms with Crippen LogP contribution in [-0.2, 0) is 19.3 Å². The zero-order chi connectivity index (χ0) is 30.5. The second kappa shape index (κ2) is 10.9. The average Bonchev–Trinajstić information content (AvgIpc) is 3.63. The van der Waals surface area contributed by atoms with Crippen LogP contribution in [0.15, 0.2) is 121 Å². The van der Waals surface area contributed by atoms with Gasteiger partial charge in [0.1, 0.15) is 22.8 Å². The SMILES string of the molecule is C1=Nc2c(c3cccnc3n2-c2ccc(Cc3ccc(Cc4ccc(-n5c6ncccc6c6cccnc65)cn4)cc3)nc2)CC1. The quantitative estimate of drug-likeness (QED) is 0.198. The molecule has 8 heterocycles. The Morgan fingerprint density at radius 3 is 1.59 bits per heavy atom. The Labute approximate surface area is 264 Å². The van der Waals surface area contributed by atoms with Crippen molar-refractivity contribution in [2.24, 2.45) is 4.99 Å². The van der Waals surface area contributed by atoms with E-state index in [1.807, 2.05) is 55.4 Å².